The molecule has 0 N–H and O–H groups in total. The first-order valence-electron chi connectivity index (χ1n) is 12.3. The van der Waals surface area contributed by atoms with E-state index in [2.05, 4.69) is 52.9 Å². The van der Waals surface area contributed by atoms with E-state index in [1.165, 1.54) is 5.56 Å². The minimum Gasteiger partial charge on any atom is -0.343 e. The maximum absolute atomic E-state index is 12.5. The van der Waals surface area contributed by atoms with Crippen LogP contribution in [0.2, 0.25) is 5.02 Å². The third kappa shape index (κ3) is 5.46. The molecule has 0 aliphatic carbocycles. The third-order valence-corrected chi connectivity index (χ3v) is 7.89. The summed E-state index contributed by atoms with van der Waals surface area (Å²) in [6.07, 6.45) is 3.61. The number of nitrogens with zero attached hydrogens (tertiary/aromatic N) is 5. The third-order valence-electron chi connectivity index (χ3n) is 6.73. The van der Waals surface area contributed by atoms with Gasteiger partial charge in [0, 0.05) is 42.2 Å². The lowest BCUT2D eigenvalue weighted by Gasteiger charge is -2.30. The van der Waals surface area contributed by atoms with Gasteiger partial charge in [0.05, 0.1) is 5.52 Å². The number of hydrogen-bond acceptors (Lipinski definition) is 5. The number of amides is 1. The average molecular weight is 508 g/mol. The molecule has 0 bridgehead atoms. The molecule has 1 aliphatic rings. The highest BCUT2D eigenvalue weighted by Gasteiger charge is 2.20. The van der Waals surface area contributed by atoms with E-state index in [4.69, 9.17) is 16.6 Å². The van der Waals surface area contributed by atoms with Crippen molar-refractivity contribution in [2.24, 2.45) is 5.92 Å². The Morgan fingerprint density at radius 3 is 2.77 bits per heavy atom. The van der Waals surface area contributed by atoms with Crippen LogP contribution in [0.5, 0.6) is 0 Å². The predicted molar refractivity (Wildman–Crippen MR) is 143 cm³/mol. The number of aryl methyl sites for hydroxylation is 1. The van der Waals surface area contributed by atoms with Gasteiger partial charge < -0.3 is 9.47 Å². The Morgan fingerprint density at radius 1 is 1.14 bits per heavy atom. The van der Waals surface area contributed by atoms with Crippen LogP contribution in [-0.4, -0.2) is 49.4 Å². The SMILES string of the molecule is Cc1ccc2c(c1)c1nnc(SCCCC(=O)N3CCC(C)CC3)nc1n2Cc1cccc(Cl)c1. The van der Waals surface area contributed by atoms with Crippen molar-refractivity contribution in [1.29, 1.82) is 0 Å². The molecule has 0 unspecified atom stereocenters. The van der Waals surface area contributed by atoms with E-state index in [1.54, 1.807) is 11.8 Å². The van der Waals surface area contributed by atoms with Gasteiger partial charge in [0.2, 0.25) is 11.1 Å². The minimum absolute atomic E-state index is 0.268. The van der Waals surface area contributed by atoms with Gasteiger partial charge in [0.15, 0.2) is 5.65 Å². The van der Waals surface area contributed by atoms with Crippen LogP contribution in [-0.2, 0) is 11.3 Å². The molecule has 2 aromatic carbocycles. The van der Waals surface area contributed by atoms with E-state index in [0.29, 0.717) is 18.1 Å². The number of aromatic nitrogens is 4. The Kier molecular flexibility index (Phi) is 7.25. The van der Waals surface area contributed by atoms with Gasteiger partial charge in [-0.3, -0.25) is 4.79 Å². The van der Waals surface area contributed by atoms with Crippen molar-refractivity contribution in [3.63, 3.8) is 0 Å². The molecule has 2 aromatic heterocycles. The first kappa shape index (κ1) is 24.1. The highest BCUT2D eigenvalue weighted by molar-refractivity contribution is 7.99. The topological polar surface area (TPSA) is 63.9 Å². The van der Waals surface area contributed by atoms with Gasteiger partial charge in [-0.05, 0) is 61.9 Å². The number of likely N-dealkylation sites (tertiary alicyclic amines) is 1. The van der Waals surface area contributed by atoms with Crippen LogP contribution in [0.25, 0.3) is 22.1 Å². The molecule has 0 saturated carbocycles. The second-order valence-corrected chi connectivity index (χ2v) is 11.0. The monoisotopic (exact) mass is 507 g/mol. The molecule has 3 heterocycles. The average Bonchev–Trinajstić information content (AvgIpc) is 3.14. The Morgan fingerprint density at radius 2 is 1.97 bits per heavy atom. The first-order chi connectivity index (χ1) is 17.0. The van der Waals surface area contributed by atoms with Crippen molar-refractivity contribution >= 4 is 51.3 Å². The number of rotatable bonds is 7. The van der Waals surface area contributed by atoms with Crippen LogP contribution in [0, 0.1) is 12.8 Å². The molecule has 0 atom stereocenters. The number of thioether (sulfide) groups is 1. The van der Waals surface area contributed by atoms with E-state index in [1.807, 2.05) is 23.1 Å². The largest absolute Gasteiger partial charge is 0.343 e. The fourth-order valence-corrected chi connectivity index (χ4v) is 5.63. The zero-order valence-electron chi connectivity index (χ0n) is 20.2. The number of halogens is 1. The lowest BCUT2D eigenvalue weighted by atomic mass is 9.99. The molecule has 1 aliphatic heterocycles. The smallest absolute Gasteiger partial charge is 0.222 e. The van der Waals surface area contributed by atoms with Crippen LogP contribution in [0.1, 0.15) is 43.7 Å². The van der Waals surface area contributed by atoms with E-state index >= 15 is 0 Å². The summed E-state index contributed by atoms with van der Waals surface area (Å²) >= 11 is 7.80. The number of fused-ring (bicyclic) bond motifs is 3. The molecule has 8 heteroatoms. The summed E-state index contributed by atoms with van der Waals surface area (Å²) in [6, 6.07) is 14.3. The molecule has 1 amide bonds. The van der Waals surface area contributed by atoms with Gasteiger partial charge in [-0.2, -0.15) is 0 Å². The van der Waals surface area contributed by atoms with Crippen LogP contribution in [0.4, 0.5) is 0 Å². The lowest BCUT2D eigenvalue weighted by Crippen LogP contribution is -2.37. The predicted octanol–water partition coefficient (Wildman–Crippen LogP) is 6.12. The Labute approximate surface area is 215 Å². The standard InChI is InChI=1S/C27H30ClN5OS/c1-18-10-12-32(13-11-18)24(34)7-4-14-35-27-29-26-25(30-31-27)22-15-19(2)8-9-23(22)33(26)17-20-5-3-6-21(28)16-20/h3,5-6,8-9,15-16,18H,4,7,10-14,17H2,1-2H3. The number of piperidine rings is 1. The maximum Gasteiger partial charge on any atom is 0.222 e. The van der Waals surface area contributed by atoms with Crippen molar-refractivity contribution in [1.82, 2.24) is 24.6 Å². The summed E-state index contributed by atoms with van der Waals surface area (Å²) < 4.78 is 2.19. The van der Waals surface area contributed by atoms with Crippen LogP contribution in [0.3, 0.4) is 0 Å². The molecule has 5 rings (SSSR count). The fourth-order valence-electron chi connectivity index (χ4n) is 4.70. The first-order valence-corrected chi connectivity index (χ1v) is 13.6. The van der Waals surface area contributed by atoms with Crippen molar-refractivity contribution in [3.05, 3.63) is 58.6 Å². The molecular weight excluding hydrogens is 478 g/mol. The molecule has 35 heavy (non-hydrogen) atoms. The number of carbonyl (C=O) groups is 1. The highest BCUT2D eigenvalue weighted by atomic mass is 35.5. The summed E-state index contributed by atoms with van der Waals surface area (Å²) in [4.78, 5) is 19.4. The maximum atomic E-state index is 12.5. The quantitative estimate of drug-likeness (QED) is 0.223. The fraction of sp³-hybridized carbons (Fsp3) is 0.407. The normalized spacial score (nSPS) is 14.8. The zero-order chi connectivity index (χ0) is 24.4. The van der Waals surface area contributed by atoms with Gasteiger partial charge in [0.1, 0.15) is 5.52 Å². The van der Waals surface area contributed by atoms with Gasteiger partial charge >= 0.3 is 0 Å². The molecule has 4 aromatic rings. The van der Waals surface area contributed by atoms with Crippen molar-refractivity contribution < 1.29 is 4.79 Å². The summed E-state index contributed by atoms with van der Waals surface area (Å²) in [7, 11) is 0. The second-order valence-electron chi connectivity index (χ2n) is 9.52. The summed E-state index contributed by atoms with van der Waals surface area (Å²) in [5.41, 5.74) is 4.99. The number of benzene rings is 2. The minimum atomic E-state index is 0.268. The van der Waals surface area contributed by atoms with E-state index < -0.39 is 0 Å². The Balaban J connectivity index is 1.33. The van der Waals surface area contributed by atoms with E-state index in [0.717, 1.165) is 76.7 Å². The van der Waals surface area contributed by atoms with Crippen LogP contribution < -0.4 is 0 Å². The summed E-state index contributed by atoms with van der Waals surface area (Å²) in [5, 5.41) is 11.4. The van der Waals surface area contributed by atoms with Crippen molar-refractivity contribution in [3.8, 4) is 0 Å². The zero-order valence-corrected chi connectivity index (χ0v) is 21.8. The Hall–Kier alpha value is -2.64. The van der Waals surface area contributed by atoms with Crippen LogP contribution in [0.15, 0.2) is 47.6 Å². The van der Waals surface area contributed by atoms with Crippen molar-refractivity contribution in [2.45, 2.75) is 51.2 Å². The van der Waals surface area contributed by atoms with Crippen molar-refractivity contribution in [2.75, 3.05) is 18.8 Å². The molecule has 6 nitrogen and oxygen atoms in total. The molecule has 1 fully saturated rings. The Bertz CT molecular complexity index is 1360. The summed E-state index contributed by atoms with van der Waals surface area (Å²) in [6.45, 7) is 6.78. The molecular formula is C27H30ClN5OS. The lowest BCUT2D eigenvalue weighted by molar-refractivity contribution is -0.132. The van der Waals surface area contributed by atoms with E-state index in [-0.39, 0.29) is 5.91 Å². The molecule has 0 radical (unpaired) electrons. The van der Waals surface area contributed by atoms with Crippen LogP contribution >= 0.6 is 23.4 Å². The second kappa shape index (κ2) is 10.5. The summed E-state index contributed by atoms with van der Waals surface area (Å²) in [5.74, 6) is 1.79. The molecule has 182 valence electrons. The highest BCUT2D eigenvalue weighted by Crippen LogP contribution is 2.29. The molecule has 1 saturated heterocycles. The van der Waals surface area contributed by atoms with Gasteiger partial charge in [-0.15, -0.1) is 10.2 Å². The van der Waals surface area contributed by atoms with Gasteiger partial charge in [-0.1, -0.05) is 54.0 Å². The number of carbonyl (C=O) groups excluding carboxylic acids is 1. The van der Waals surface area contributed by atoms with Gasteiger partial charge in [0.25, 0.3) is 0 Å². The number of hydrogen-bond donors (Lipinski definition) is 0. The van der Waals surface area contributed by atoms with E-state index in [9.17, 15) is 4.79 Å². The van der Waals surface area contributed by atoms with Gasteiger partial charge in [-0.25, -0.2) is 4.98 Å². The molecule has 0 spiro atoms.